The molecule has 12 N–H and O–H groups in total. The van der Waals surface area contributed by atoms with Crippen molar-refractivity contribution in [1.82, 2.24) is 21.3 Å². The van der Waals surface area contributed by atoms with Crippen LogP contribution in [-0.4, -0.2) is 96.7 Å². The molecule has 2 rings (SSSR count). The second kappa shape index (κ2) is 17.2. The van der Waals surface area contributed by atoms with Crippen molar-refractivity contribution in [3.63, 3.8) is 0 Å². The third kappa shape index (κ3) is 8.03. The molecule has 0 aliphatic carbocycles. The Bertz CT molecular complexity index is 1190. The number of aliphatic hydroxyl groups is 4. The van der Waals surface area contributed by atoms with Gasteiger partial charge in [0, 0.05) is 37.3 Å². The summed E-state index contributed by atoms with van der Waals surface area (Å²) in [6.07, 6.45) is 0. The number of nitrogens with two attached hydrogens (primary N) is 2. The van der Waals surface area contributed by atoms with Gasteiger partial charge in [0.2, 0.25) is 0 Å². The van der Waals surface area contributed by atoms with E-state index in [1.165, 1.54) is 0 Å². The fourth-order valence-electron chi connectivity index (χ4n) is 3.80. The number of aliphatic hydroxyl groups excluding tert-OH is 4. The lowest BCUT2D eigenvalue weighted by molar-refractivity contribution is 0.0926. The molecular formula is C24H28I4N6O8. The molecule has 0 bridgehead atoms. The van der Waals surface area contributed by atoms with Gasteiger partial charge in [-0.3, -0.25) is 19.2 Å². The van der Waals surface area contributed by atoms with Crippen LogP contribution in [0.2, 0.25) is 0 Å². The van der Waals surface area contributed by atoms with Crippen molar-refractivity contribution in [3.8, 4) is 11.1 Å². The van der Waals surface area contributed by atoms with Crippen LogP contribution < -0.4 is 32.7 Å². The van der Waals surface area contributed by atoms with Gasteiger partial charge in [0.1, 0.15) is 0 Å². The smallest absolute Gasteiger partial charge is 0.253 e. The summed E-state index contributed by atoms with van der Waals surface area (Å²) in [7, 11) is 0. The van der Waals surface area contributed by atoms with Gasteiger partial charge in [-0.25, -0.2) is 0 Å². The number of hydrogen-bond donors (Lipinski definition) is 10. The molecule has 0 fully saturated rings. The topological polar surface area (TPSA) is 249 Å². The monoisotopic (exact) mass is 1040 g/mol. The van der Waals surface area contributed by atoms with E-state index in [-0.39, 0.29) is 85.2 Å². The van der Waals surface area contributed by atoms with Gasteiger partial charge in [-0.15, -0.1) is 0 Å². The first-order valence-corrected chi connectivity index (χ1v) is 16.4. The SMILES string of the molecule is Nc1c(I)c(C(=O)NCCO)c(-c2c(C(=O)NCCO)c(I)c(N)c(I)c2C(=O)NCCO)c(C(=O)NCCO)c1I. The van der Waals surface area contributed by atoms with Gasteiger partial charge in [-0.2, -0.15) is 0 Å². The summed E-state index contributed by atoms with van der Waals surface area (Å²) in [6.45, 7) is -2.22. The molecule has 0 heterocycles. The van der Waals surface area contributed by atoms with Crippen molar-refractivity contribution in [3.05, 3.63) is 36.5 Å². The number of carbonyl (C=O) groups is 4. The fourth-order valence-corrected chi connectivity index (χ4v) is 7.97. The van der Waals surface area contributed by atoms with Crippen LogP contribution in [0, 0.1) is 14.3 Å². The van der Waals surface area contributed by atoms with Crippen molar-refractivity contribution in [2.75, 3.05) is 64.1 Å². The Hall–Kier alpha value is -1.32. The van der Waals surface area contributed by atoms with Crippen molar-refractivity contribution in [2.24, 2.45) is 0 Å². The molecule has 0 aliphatic heterocycles. The Balaban J connectivity index is 3.34. The zero-order chi connectivity index (χ0) is 31.7. The number of carbonyl (C=O) groups excluding carboxylic acids is 4. The van der Waals surface area contributed by atoms with E-state index in [1.54, 1.807) is 0 Å². The molecule has 0 spiro atoms. The van der Waals surface area contributed by atoms with Gasteiger partial charge in [-0.05, 0) is 90.4 Å². The maximum Gasteiger partial charge on any atom is 0.253 e. The largest absolute Gasteiger partial charge is 0.397 e. The van der Waals surface area contributed by atoms with Gasteiger partial charge in [0.15, 0.2) is 0 Å². The molecule has 0 radical (unpaired) electrons. The second-order valence-electron chi connectivity index (χ2n) is 8.25. The highest BCUT2D eigenvalue weighted by molar-refractivity contribution is 14.1. The first-order chi connectivity index (χ1) is 19.9. The molecule has 0 aromatic heterocycles. The Morgan fingerprint density at radius 3 is 0.833 bits per heavy atom. The van der Waals surface area contributed by atoms with E-state index in [2.05, 4.69) is 21.3 Å². The number of amides is 4. The van der Waals surface area contributed by atoms with Crippen molar-refractivity contribution < 1.29 is 39.6 Å². The van der Waals surface area contributed by atoms with Gasteiger partial charge < -0.3 is 53.2 Å². The average Bonchev–Trinajstić information content (AvgIpc) is 2.97. The lowest BCUT2D eigenvalue weighted by Gasteiger charge is -2.25. The highest BCUT2D eigenvalue weighted by Gasteiger charge is 2.36. The number of rotatable bonds is 13. The Morgan fingerprint density at radius 1 is 0.476 bits per heavy atom. The number of nitrogens with one attached hydrogen (secondary N) is 4. The lowest BCUT2D eigenvalue weighted by Crippen LogP contribution is -2.34. The van der Waals surface area contributed by atoms with Crippen LogP contribution in [-0.2, 0) is 0 Å². The average molecular weight is 1040 g/mol. The second-order valence-corrected chi connectivity index (χ2v) is 12.6. The molecule has 18 heteroatoms. The fraction of sp³-hybridized carbons (Fsp3) is 0.333. The number of nitrogen functional groups attached to an aromatic ring is 2. The molecule has 0 saturated heterocycles. The molecule has 4 amide bonds. The third-order valence-electron chi connectivity index (χ3n) is 5.57. The van der Waals surface area contributed by atoms with Crippen LogP contribution in [0.3, 0.4) is 0 Å². The number of benzene rings is 2. The maximum atomic E-state index is 13.7. The molecule has 0 saturated carbocycles. The predicted molar refractivity (Wildman–Crippen MR) is 189 cm³/mol. The molecule has 230 valence electrons. The highest BCUT2D eigenvalue weighted by atomic mass is 127. The van der Waals surface area contributed by atoms with E-state index < -0.39 is 50.1 Å². The van der Waals surface area contributed by atoms with Crippen molar-refractivity contribution in [1.29, 1.82) is 0 Å². The zero-order valence-electron chi connectivity index (χ0n) is 21.7. The van der Waals surface area contributed by atoms with Gasteiger partial charge in [0.25, 0.3) is 23.6 Å². The van der Waals surface area contributed by atoms with Crippen LogP contribution >= 0.6 is 90.4 Å². The number of halogens is 4. The summed E-state index contributed by atoms with van der Waals surface area (Å²) >= 11 is 7.30. The summed E-state index contributed by atoms with van der Waals surface area (Å²) in [6, 6.07) is 0. The van der Waals surface area contributed by atoms with Gasteiger partial charge in [-0.1, -0.05) is 0 Å². The maximum absolute atomic E-state index is 13.7. The van der Waals surface area contributed by atoms with Crippen LogP contribution in [0.15, 0.2) is 0 Å². The van der Waals surface area contributed by atoms with Gasteiger partial charge >= 0.3 is 0 Å². The third-order valence-corrected chi connectivity index (χ3v) is 10.1. The molecule has 0 atom stereocenters. The first-order valence-electron chi connectivity index (χ1n) is 12.1. The van der Waals surface area contributed by atoms with Crippen molar-refractivity contribution in [2.45, 2.75) is 0 Å². The van der Waals surface area contributed by atoms with Crippen LogP contribution in [0.1, 0.15) is 41.4 Å². The van der Waals surface area contributed by atoms with E-state index >= 15 is 0 Å². The summed E-state index contributed by atoms with van der Waals surface area (Å²) in [4.78, 5) is 54.6. The summed E-state index contributed by atoms with van der Waals surface area (Å²) < 4.78 is 0.802. The quantitative estimate of drug-likeness (QED) is 0.0938. The van der Waals surface area contributed by atoms with Crippen LogP contribution in [0.4, 0.5) is 11.4 Å². The minimum absolute atomic E-state index is 0.0700. The minimum atomic E-state index is -0.756. The lowest BCUT2D eigenvalue weighted by atomic mass is 9.85. The van der Waals surface area contributed by atoms with E-state index in [4.69, 9.17) is 11.5 Å². The predicted octanol–water partition coefficient (Wildman–Crippen LogP) is -0.175. The molecule has 42 heavy (non-hydrogen) atoms. The summed E-state index contributed by atoms with van der Waals surface area (Å²) in [5.41, 5.74) is 12.0. The molecule has 2 aromatic rings. The van der Waals surface area contributed by atoms with E-state index in [0.717, 1.165) is 0 Å². The molecular weight excluding hydrogens is 1010 g/mol. The Morgan fingerprint density at radius 2 is 0.667 bits per heavy atom. The summed E-state index contributed by atoms with van der Waals surface area (Å²) in [5, 5.41) is 47.6. The molecule has 14 nitrogen and oxygen atoms in total. The Kier molecular flexibility index (Phi) is 15.1. The Labute approximate surface area is 295 Å². The normalized spacial score (nSPS) is 10.8. The summed E-state index contributed by atoms with van der Waals surface area (Å²) in [5.74, 6) is -3.03. The van der Waals surface area contributed by atoms with Crippen LogP contribution in [0.5, 0.6) is 0 Å². The standard InChI is InChI=1S/C24H28I4N6O8/c25-15-11(21(39)31-1-5-35)9(12(16(26)19(15)29)22(40)32-2-6-36)10-13(23(41)33-3-7-37)17(27)20(30)18(28)14(10)24(42)34-4-8-38/h35-38H,1-8,29-30H2,(H,31,39)(H,32,40)(H,33,41)(H,34,42). The first kappa shape index (κ1) is 36.9. The van der Waals surface area contributed by atoms with Crippen LogP contribution in [0.25, 0.3) is 11.1 Å². The van der Waals surface area contributed by atoms with E-state index in [1.807, 2.05) is 90.4 Å². The molecule has 0 unspecified atom stereocenters. The van der Waals surface area contributed by atoms with Gasteiger partial charge in [0.05, 0.1) is 74.3 Å². The number of hydrogen-bond acceptors (Lipinski definition) is 10. The minimum Gasteiger partial charge on any atom is -0.397 e. The molecule has 0 aliphatic rings. The van der Waals surface area contributed by atoms with Crippen molar-refractivity contribution >= 4 is 125 Å². The number of anilines is 2. The van der Waals surface area contributed by atoms with E-state index in [0.29, 0.717) is 0 Å². The highest BCUT2D eigenvalue weighted by Crippen LogP contribution is 2.45. The molecule has 2 aromatic carbocycles. The zero-order valence-corrected chi connectivity index (χ0v) is 30.4. The van der Waals surface area contributed by atoms with E-state index in [9.17, 15) is 39.6 Å².